The number of nitrogens with one attached hydrogen (secondary N) is 1. The van der Waals surface area contributed by atoms with Crippen molar-refractivity contribution in [3.63, 3.8) is 0 Å². The van der Waals surface area contributed by atoms with E-state index in [4.69, 9.17) is 4.99 Å². The molecule has 2 fully saturated rings. The van der Waals surface area contributed by atoms with Crippen molar-refractivity contribution in [3.8, 4) is 0 Å². The number of carbonyl (C=O) groups is 1. The first-order valence-corrected chi connectivity index (χ1v) is 8.91. The predicted molar refractivity (Wildman–Crippen MR) is 108 cm³/mol. The molecule has 0 unspecified atom stereocenters. The molecule has 1 saturated carbocycles. The van der Waals surface area contributed by atoms with E-state index in [0.29, 0.717) is 6.54 Å². The average Bonchev–Trinajstić information content (AvgIpc) is 3.01. The Morgan fingerprint density at radius 2 is 1.88 bits per heavy atom. The second kappa shape index (κ2) is 9.79. The van der Waals surface area contributed by atoms with Crippen molar-refractivity contribution in [2.45, 2.75) is 51.6 Å². The minimum absolute atomic E-state index is 0. The van der Waals surface area contributed by atoms with Gasteiger partial charge in [-0.15, -0.1) is 24.0 Å². The van der Waals surface area contributed by atoms with Gasteiger partial charge in [0.2, 0.25) is 5.91 Å². The number of aliphatic hydroxyl groups excluding tert-OH is 1. The molecule has 1 amide bonds. The summed E-state index contributed by atoms with van der Waals surface area (Å²) in [6.07, 6.45) is 5.48. The lowest BCUT2D eigenvalue weighted by molar-refractivity contribution is -0.138. The van der Waals surface area contributed by atoms with Crippen molar-refractivity contribution in [1.29, 1.82) is 0 Å². The summed E-state index contributed by atoms with van der Waals surface area (Å²) in [5, 5.41) is 13.0. The number of guanidine groups is 1. The molecule has 2 rings (SSSR count). The maximum Gasteiger partial charge on any atom is 0.230 e. The van der Waals surface area contributed by atoms with Crippen LogP contribution >= 0.6 is 24.0 Å². The topological polar surface area (TPSA) is 68.2 Å². The lowest BCUT2D eigenvalue weighted by atomic mass is 9.85. The van der Waals surface area contributed by atoms with Gasteiger partial charge in [-0.25, -0.2) is 0 Å². The van der Waals surface area contributed by atoms with Gasteiger partial charge in [0.15, 0.2) is 5.96 Å². The number of hydrogen-bond acceptors (Lipinski definition) is 3. The fraction of sp³-hybridized carbons (Fsp3) is 0.882. The number of carbonyl (C=O) groups excluding carboxylic acids is 1. The lowest BCUT2D eigenvalue weighted by Crippen LogP contribution is -2.47. The minimum atomic E-state index is -0.320. The van der Waals surface area contributed by atoms with Gasteiger partial charge in [0.1, 0.15) is 0 Å². The van der Waals surface area contributed by atoms with Gasteiger partial charge in [0.25, 0.3) is 0 Å². The van der Waals surface area contributed by atoms with E-state index in [9.17, 15) is 9.90 Å². The Balaban J connectivity index is 0.00000288. The molecule has 1 heterocycles. The number of aliphatic hydroxyl groups is 1. The molecule has 2 N–H and O–H groups in total. The van der Waals surface area contributed by atoms with Crippen molar-refractivity contribution in [3.05, 3.63) is 0 Å². The fourth-order valence-corrected chi connectivity index (χ4v) is 3.70. The van der Waals surface area contributed by atoms with E-state index in [-0.39, 0.29) is 41.4 Å². The zero-order valence-corrected chi connectivity index (χ0v) is 17.6. The van der Waals surface area contributed by atoms with Gasteiger partial charge in [0.05, 0.1) is 18.1 Å². The Labute approximate surface area is 163 Å². The van der Waals surface area contributed by atoms with Crippen LogP contribution in [-0.2, 0) is 4.79 Å². The van der Waals surface area contributed by atoms with Gasteiger partial charge in [-0.2, -0.15) is 0 Å². The first-order valence-electron chi connectivity index (χ1n) is 8.91. The van der Waals surface area contributed by atoms with Crippen LogP contribution in [0, 0.1) is 5.41 Å². The van der Waals surface area contributed by atoms with Crippen LogP contribution in [0.3, 0.4) is 0 Å². The van der Waals surface area contributed by atoms with Crippen LogP contribution in [0.1, 0.15) is 45.4 Å². The van der Waals surface area contributed by atoms with E-state index < -0.39 is 0 Å². The molecule has 140 valence electrons. The summed E-state index contributed by atoms with van der Waals surface area (Å²) in [4.78, 5) is 21.4. The number of halogens is 1. The van der Waals surface area contributed by atoms with Crippen molar-refractivity contribution < 1.29 is 9.90 Å². The van der Waals surface area contributed by atoms with Crippen LogP contribution in [0.25, 0.3) is 0 Å². The van der Waals surface area contributed by atoms with Crippen LogP contribution in [0.2, 0.25) is 0 Å². The summed E-state index contributed by atoms with van der Waals surface area (Å²) in [5.74, 6) is 1.10. The summed E-state index contributed by atoms with van der Waals surface area (Å²) >= 11 is 0. The van der Waals surface area contributed by atoms with Crippen molar-refractivity contribution in [1.82, 2.24) is 15.1 Å². The number of piperidine rings is 1. The Hall–Kier alpha value is -0.570. The molecule has 1 aliphatic heterocycles. The smallest absolute Gasteiger partial charge is 0.230 e. The third kappa shape index (κ3) is 5.21. The summed E-state index contributed by atoms with van der Waals surface area (Å²) in [6, 6.07) is 0. The van der Waals surface area contributed by atoms with E-state index in [2.05, 4.69) is 17.1 Å². The molecule has 0 radical (unpaired) electrons. The van der Waals surface area contributed by atoms with Crippen LogP contribution in [-0.4, -0.2) is 73.2 Å². The maximum absolute atomic E-state index is 12.6. The first kappa shape index (κ1) is 21.5. The van der Waals surface area contributed by atoms with Crippen molar-refractivity contribution in [2.75, 3.05) is 40.3 Å². The Kier molecular flexibility index (Phi) is 8.76. The van der Waals surface area contributed by atoms with E-state index >= 15 is 0 Å². The minimum Gasteiger partial charge on any atom is -0.393 e. The van der Waals surface area contributed by atoms with Crippen LogP contribution in [0.15, 0.2) is 4.99 Å². The molecule has 1 aliphatic carbocycles. The monoisotopic (exact) mass is 452 g/mol. The summed E-state index contributed by atoms with van der Waals surface area (Å²) < 4.78 is 0. The van der Waals surface area contributed by atoms with Gasteiger partial charge >= 0.3 is 0 Å². The fourth-order valence-electron chi connectivity index (χ4n) is 3.70. The molecule has 0 bridgehead atoms. The van der Waals surface area contributed by atoms with Crippen molar-refractivity contribution in [2.24, 2.45) is 10.4 Å². The Morgan fingerprint density at radius 1 is 1.29 bits per heavy atom. The summed E-state index contributed by atoms with van der Waals surface area (Å²) in [5.41, 5.74) is -0.320. The maximum atomic E-state index is 12.6. The molecule has 24 heavy (non-hydrogen) atoms. The normalized spacial score (nSPS) is 21.3. The number of nitrogens with zero attached hydrogens (tertiary/aromatic N) is 3. The number of likely N-dealkylation sites (tertiary alicyclic amines) is 1. The van der Waals surface area contributed by atoms with Gasteiger partial charge in [-0.3, -0.25) is 9.79 Å². The second-order valence-electron chi connectivity index (χ2n) is 7.08. The van der Waals surface area contributed by atoms with Crippen LogP contribution < -0.4 is 5.32 Å². The van der Waals surface area contributed by atoms with Crippen LogP contribution in [0.4, 0.5) is 0 Å². The van der Waals surface area contributed by atoms with Crippen LogP contribution in [0.5, 0.6) is 0 Å². The van der Waals surface area contributed by atoms with Crippen molar-refractivity contribution >= 4 is 35.8 Å². The first-order chi connectivity index (χ1) is 11.0. The quantitative estimate of drug-likeness (QED) is 0.387. The predicted octanol–water partition coefficient (Wildman–Crippen LogP) is 1.68. The molecule has 0 atom stereocenters. The molecule has 6 nitrogen and oxygen atoms in total. The highest BCUT2D eigenvalue weighted by atomic mass is 127. The SMILES string of the molecule is CCNC(=NCC1(C(=O)N(C)C)CCCC1)N1CCC(O)CC1.I. The number of amides is 1. The second-order valence-corrected chi connectivity index (χ2v) is 7.08. The van der Waals surface area contributed by atoms with E-state index in [1.165, 1.54) is 0 Å². The molecule has 2 aliphatic rings. The van der Waals surface area contributed by atoms with E-state index in [1.807, 2.05) is 14.1 Å². The largest absolute Gasteiger partial charge is 0.393 e. The molecular formula is C17H33IN4O2. The number of aliphatic imine (C=N–C) groups is 1. The molecule has 1 saturated heterocycles. The highest BCUT2D eigenvalue weighted by Crippen LogP contribution is 2.39. The Bertz CT molecular complexity index is 428. The molecule has 0 aromatic rings. The van der Waals surface area contributed by atoms with Gasteiger partial charge < -0.3 is 20.2 Å². The molecule has 0 aromatic carbocycles. The summed E-state index contributed by atoms with van der Waals surface area (Å²) in [6.45, 7) is 5.08. The van der Waals surface area contributed by atoms with Gasteiger partial charge in [-0.1, -0.05) is 12.8 Å². The highest BCUT2D eigenvalue weighted by Gasteiger charge is 2.42. The molecule has 7 heteroatoms. The van der Waals surface area contributed by atoms with Gasteiger partial charge in [-0.05, 0) is 32.6 Å². The standard InChI is InChI=1S/C17H32N4O2.HI/c1-4-18-16(21-11-7-14(22)8-12-21)19-13-17(9-5-6-10-17)15(23)20(2)3;/h14,22H,4-13H2,1-3H3,(H,18,19);1H. The molecule has 0 spiro atoms. The third-order valence-corrected chi connectivity index (χ3v) is 5.05. The summed E-state index contributed by atoms with van der Waals surface area (Å²) in [7, 11) is 3.67. The number of hydrogen-bond donors (Lipinski definition) is 2. The third-order valence-electron chi connectivity index (χ3n) is 5.05. The Morgan fingerprint density at radius 3 is 2.38 bits per heavy atom. The molecular weight excluding hydrogens is 419 g/mol. The van der Waals surface area contributed by atoms with E-state index in [1.54, 1.807) is 4.90 Å². The van der Waals surface area contributed by atoms with E-state index in [0.717, 1.165) is 64.1 Å². The zero-order valence-electron chi connectivity index (χ0n) is 15.3. The average molecular weight is 452 g/mol. The lowest BCUT2D eigenvalue weighted by Gasteiger charge is -2.34. The van der Waals surface area contributed by atoms with Gasteiger partial charge in [0, 0.05) is 33.7 Å². The zero-order chi connectivity index (χ0) is 16.9. The number of rotatable bonds is 4. The highest BCUT2D eigenvalue weighted by molar-refractivity contribution is 14.0. The molecule has 0 aromatic heterocycles.